The van der Waals surface area contributed by atoms with E-state index in [2.05, 4.69) is 17.4 Å². The van der Waals surface area contributed by atoms with E-state index in [4.69, 9.17) is 0 Å². The van der Waals surface area contributed by atoms with Crippen molar-refractivity contribution in [2.45, 2.75) is 11.3 Å². The molecule has 3 atom stereocenters. The van der Waals surface area contributed by atoms with E-state index < -0.39 is 0 Å². The minimum absolute atomic E-state index is 0.0670. The summed E-state index contributed by atoms with van der Waals surface area (Å²) >= 11 is 1.66. The van der Waals surface area contributed by atoms with Crippen LogP contribution in [0.25, 0.3) is 0 Å². The van der Waals surface area contributed by atoms with Crippen molar-refractivity contribution in [2.75, 3.05) is 12.8 Å². The molecule has 0 spiro atoms. The van der Waals surface area contributed by atoms with Gasteiger partial charge in [-0.05, 0) is 5.56 Å². The van der Waals surface area contributed by atoms with Crippen molar-refractivity contribution in [3.05, 3.63) is 35.9 Å². The predicted molar refractivity (Wildman–Crippen MR) is 70.2 cm³/mol. The average Bonchev–Trinajstić information content (AvgIpc) is 2.81. The molecule has 3 rings (SSSR count). The van der Waals surface area contributed by atoms with Gasteiger partial charge in [-0.1, -0.05) is 30.3 Å². The largest absolute Gasteiger partial charge is 0.325 e. The molecule has 1 aromatic carbocycles. The smallest absolute Gasteiger partial charge is 0.324 e. The molecule has 5 heteroatoms. The maximum atomic E-state index is 12.3. The van der Waals surface area contributed by atoms with Gasteiger partial charge in [-0.15, -0.1) is 11.8 Å². The highest BCUT2D eigenvalue weighted by atomic mass is 32.2. The Morgan fingerprint density at radius 1 is 1.28 bits per heavy atom. The van der Waals surface area contributed by atoms with Crippen LogP contribution in [-0.2, 0) is 4.79 Å². The first-order chi connectivity index (χ1) is 8.68. The third-order valence-electron chi connectivity index (χ3n) is 3.63. The van der Waals surface area contributed by atoms with E-state index in [1.165, 1.54) is 10.5 Å². The van der Waals surface area contributed by atoms with Gasteiger partial charge in [-0.2, -0.15) is 0 Å². The van der Waals surface area contributed by atoms with Gasteiger partial charge in [-0.25, -0.2) is 4.79 Å². The van der Waals surface area contributed by atoms with Gasteiger partial charge >= 0.3 is 6.03 Å². The minimum Gasteiger partial charge on any atom is -0.325 e. The van der Waals surface area contributed by atoms with Gasteiger partial charge in [0.2, 0.25) is 5.91 Å². The van der Waals surface area contributed by atoms with Crippen molar-refractivity contribution < 1.29 is 9.59 Å². The first kappa shape index (κ1) is 11.6. The Labute approximate surface area is 110 Å². The Morgan fingerprint density at radius 2 is 2.00 bits per heavy atom. The van der Waals surface area contributed by atoms with Gasteiger partial charge in [0.05, 0.1) is 11.3 Å². The molecule has 0 aliphatic carbocycles. The van der Waals surface area contributed by atoms with Crippen LogP contribution in [0.1, 0.15) is 11.5 Å². The van der Waals surface area contributed by atoms with Crippen LogP contribution in [0.2, 0.25) is 0 Å². The standard InChI is InChI=1S/C13H14N2O2S/c1-15-12(16)10-9(8-5-3-2-4-6-8)7-18-11(10)14-13(15)17/h2-6,9-11H,7H2,1H3,(H,14,17). The number of thioether (sulfide) groups is 1. The van der Waals surface area contributed by atoms with E-state index in [1.807, 2.05) is 18.2 Å². The van der Waals surface area contributed by atoms with Gasteiger partial charge in [-0.3, -0.25) is 9.69 Å². The molecule has 0 aromatic heterocycles. The van der Waals surface area contributed by atoms with E-state index >= 15 is 0 Å². The van der Waals surface area contributed by atoms with E-state index in [9.17, 15) is 9.59 Å². The molecule has 1 N–H and O–H groups in total. The van der Waals surface area contributed by atoms with Crippen molar-refractivity contribution in [1.29, 1.82) is 0 Å². The summed E-state index contributed by atoms with van der Waals surface area (Å²) < 4.78 is 0. The van der Waals surface area contributed by atoms with Crippen LogP contribution in [0.3, 0.4) is 0 Å². The number of benzene rings is 1. The summed E-state index contributed by atoms with van der Waals surface area (Å²) in [5.74, 6) is 0.860. The number of rotatable bonds is 1. The summed E-state index contributed by atoms with van der Waals surface area (Å²) in [4.78, 5) is 25.0. The lowest BCUT2D eigenvalue weighted by Gasteiger charge is -2.33. The lowest BCUT2D eigenvalue weighted by Crippen LogP contribution is -2.56. The fraction of sp³-hybridized carbons (Fsp3) is 0.385. The summed E-state index contributed by atoms with van der Waals surface area (Å²) in [6.45, 7) is 0. The summed E-state index contributed by atoms with van der Waals surface area (Å²) in [7, 11) is 1.54. The zero-order valence-corrected chi connectivity index (χ0v) is 10.8. The van der Waals surface area contributed by atoms with Crippen LogP contribution in [0.15, 0.2) is 30.3 Å². The van der Waals surface area contributed by atoms with E-state index in [-0.39, 0.29) is 29.1 Å². The van der Waals surface area contributed by atoms with Gasteiger partial charge in [0.25, 0.3) is 0 Å². The van der Waals surface area contributed by atoms with Crippen molar-refractivity contribution in [2.24, 2.45) is 5.92 Å². The molecule has 18 heavy (non-hydrogen) atoms. The highest BCUT2D eigenvalue weighted by Crippen LogP contribution is 2.44. The maximum absolute atomic E-state index is 12.3. The molecule has 2 heterocycles. The van der Waals surface area contributed by atoms with Crippen LogP contribution in [0.4, 0.5) is 4.79 Å². The Balaban J connectivity index is 1.92. The second-order valence-corrected chi connectivity index (χ2v) is 5.82. The first-order valence-electron chi connectivity index (χ1n) is 5.93. The van der Waals surface area contributed by atoms with Crippen molar-refractivity contribution >= 4 is 23.7 Å². The van der Waals surface area contributed by atoms with Gasteiger partial charge in [0.1, 0.15) is 0 Å². The van der Waals surface area contributed by atoms with Crippen LogP contribution < -0.4 is 5.32 Å². The Kier molecular flexibility index (Phi) is 2.78. The summed E-state index contributed by atoms with van der Waals surface area (Å²) in [6.07, 6.45) is 0. The van der Waals surface area contributed by atoms with Crippen LogP contribution in [0, 0.1) is 5.92 Å². The van der Waals surface area contributed by atoms with Gasteiger partial charge in [0, 0.05) is 18.7 Å². The number of amides is 3. The second-order valence-electron chi connectivity index (χ2n) is 4.64. The normalized spacial score (nSPS) is 31.2. The van der Waals surface area contributed by atoms with Crippen LogP contribution in [0.5, 0.6) is 0 Å². The molecule has 2 aliphatic rings. The number of imide groups is 1. The zero-order chi connectivity index (χ0) is 12.7. The number of hydrogen-bond acceptors (Lipinski definition) is 3. The SMILES string of the molecule is CN1C(=O)NC2SCC(c3ccccc3)C2C1=O. The number of fused-ring (bicyclic) bond motifs is 1. The highest BCUT2D eigenvalue weighted by Gasteiger charge is 2.48. The predicted octanol–water partition coefficient (Wildman–Crippen LogP) is 1.64. The molecular weight excluding hydrogens is 248 g/mol. The number of nitrogens with zero attached hydrogens (tertiary/aromatic N) is 1. The summed E-state index contributed by atoms with van der Waals surface area (Å²) in [5.41, 5.74) is 1.18. The summed E-state index contributed by atoms with van der Waals surface area (Å²) in [5, 5.41) is 2.81. The number of nitrogens with one attached hydrogen (secondary N) is 1. The zero-order valence-electron chi connectivity index (χ0n) is 10.00. The minimum atomic E-state index is -0.289. The quantitative estimate of drug-likeness (QED) is 0.837. The molecule has 4 nitrogen and oxygen atoms in total. The van der Waals surface area contributed by atoms with Crippen LogP contribution >= 0.6 is 11.8 Å². The average molecular weight is 262 g/mol. The molecule has 0 saturated carbocycles. The number of hydrogen-bond donors (Lipinski definition) is 1. The van der Waals surface area contributed by atoms with Crippen molar-refractivity contribution in [1.82, 2.24) is 10.2 Å². The van der Waals surface area contributed by atoms with Gasteiger partial charge in [0.15, 0.2) is 0 Å². The Bertz CT molecular complexity index is 491. The highest BCUT2D eigenvalue weighted by molar-refractivity contribution is 8.00. The lowest BCUT2D eigenvalue weighted by atomic mass is 9.86. The fourth-order valence-electron chi connectivity index (χ4n) is 2.60. The molecule has 94 valence electrons. The fourth-order valence-corrected chi connectivity index (χ4v) is 4.12. The van der Waals surface area contributed by atoms with Gasteiger partial charge < -0.3 is 5.32 Å². The Hall–Kier alpha value is -1.49. The molecule has 3 amide bonds. The number of carbonyl (C=O) groups excluding carboxylic acids is 2. The van der Waals surface area contributed by atoms with Crippen molar-refractivity contribution in [3.8, 4) is 0 Å². The molecule has 0 radical (unpaired) electrons. The monoisotopic (exact) mass is 262 g/mol. The molecule has 2 saturated heterocycles. The first-order valence-corrected chi connectivity index (χ1v) is 6.98. The Morgan fingerprint density at radius 3 is 2.72 bits per heavy atom. The molecular formula is C13H14N2O2S. The van der Waals surface area contributed by atoms with Crippen LogP contribution in [-0.4, -0.2) is 35.0 Å². The number of carbonyl (C=O) groups is 2. The molecule has 2 fully saturated rings. The van der Waals surface area contributed by atoms with E-state index in [0.717, 1.165) is 5.75 Å². The topological polar surface area (TPSA) is 49.4 Å². The maximum Gasteiger partial charge on any atom is 0.324 e. The molecule has 1 aromatic rings. The third kappa shape index (κ3) is 1.70. The van der Waals surface area contributed by atoms with Crippen molar-refractivity contribution in [3.63, 3.8) is 0 Å². The molecule has 0 bridgehead atoms. The third-order valence-corrected chi connectivity index (χ3v) is 4.95. The molecule has 2 aliphatic heterocycles. The lowest BCUT2D eigenvalue weighted by molar-refractivity contribution is -0.133. The molecule has 3 unspecified atom stereocenters. The van der Waals surface area contributed by atoms with E-state index in [0.29, 0.717) is 0 Å². The number of urea groups is 1. The van der Waals surface area contributed by atoms with E-state index in [1.54, 1.807) is 18.8 Å². The summed E-state index contributed by atoms with van der Waals surface area (Å²) in [6, 6.07) is 9.77. The second kappa shape index (κ2) is 4.31.